The minimum Gasteiger partial charge on any atom is -0.0654 e. The van der Waals surface area contributed by atoms with Gasteiger partial charge in [-0.2, -0.15) is 0 Å². The van der Waals surface area contributed by atoms with Crippen molar-refractivity contribution in [1.82, 2.24) is 0 Å². The third kappa shape index (κ3) is 39.1. The summed E-state index contributed by atoms with van der Waals surface area (Å²) in [5, 5.41) is 0. The number of hydrogen-bond donors (Lipinski definition) is 0. The van der Waals surface area contributed by atoms with Gasteiger partial charge in [-0.15, -0.1) is 0 Å². The van der Waals surface area contributed by atoms with Gasteiger partial charge in [0, 0.05) is 0 Å². The van der Waals surface area contributed by atoms with Crippen LogP contribution in [0.4, 0.5) is 0 Å². The molecule has 0 spiro atoms. The zero-order valence-electron chi connectivity index (χ0n) is 36.2. The minimum atomic E-state index is -3.99. The van der Waals surface area contributed by atoms with E-state index in [2.05, 4.69) is 27.7 Å². The predicted octanol–water partition coefficient (Wildman–Crippen LogP) is 16.3. The molecule has 0 aromatic heterocycles. The van der Waals surface area contributed by atoms with Gasteiger partial charge in [0.1, 0.15) is 0 Å². The van der Waals surface area contributed by atoms with Crippen LogP contribution in [0.1, 0.15) is 246 Å². The minimum absolute atomic E-state index is 0.114. The van der Waals surface area contributed by atoms with Crippen molar-refractivity contribution in [3.8, 4) is 0 Å². The van der Waals surface area contributed by atoms with Crippen molar-refractivity contribution < 1.29 is 15.7 Å². The first-order valence-corrected chi connectivity index (χ1v) is 32.3. The van der Waals surface area contributed by atoms with Crippen LogP contribution in [0.15, 0.2) is 0 Å². The Labute approximate surface area is 346 Å². The first-order valence-electron chi connectivity index (χ1n) is 23.6. The molecule has 0 amide bonds. The van der Waals surface area contributed by atoms with Gasteiger partial charge in [-0.25, -0.2) is 0 Å². The monoisotopic (exact) mass is 893 g/mol. The van der Waals surface area contributed by atoms with Crippen LogP contribution in [0, 0.1) is 0 Å². The maximum atomic E-state index is 13.5. The number of unbranched alkanes of at least 4 members (excludes halogenated alkanes) is 30. The van der Waals surface area contributed by atoms with Gasteiger partial charge in [-0.05, 0) is 0 Å². The summed E-state index contributed by atoms with van der Waals surface area (Å²) in [6, 6.07) is 0. The summed E-state index contributed by atoms with van der Waals surface area (Å²) in [5.74, 6) is 2.59. The molecule has 0 heterocycles. The third-order valence-corrected chi connectivity index (χ3v) is 22.5. The van der Waals surface area contributed by atoms with Crippen LogP contribution in [-0.4, -0.2) is 54.2 Å². The number of rotatable bonds is 44. The molecule has 0 aromatic rings. The summed E-state index contributed by atoms with van der Waals surface area (Å²) in [7, 11) is 0. The van der Waals surface area contributed by atoms with Crippen LogP contribution in [-0.2, 0) is 15.7 Å². The maximum absolute atomic E-state index is 13.5. The van der Waals surface area contributed by atoms with Crippen molar-refractivity contribution in [2.75, 3.05) is 23.0 Å². The quantitative estimate of drug-likeness (QED) is 0.0449. The van der Waals surface area contributed by atoms with Gasteiger partial charge in [-0.3, -0.25) is 0 Å². The summed E-state index contributed by atoms with van der Waals surface area (Å²) < 4.78 is 14.7. The average molecular weight is 892 g/mol. The second kappa shape index (κ2) is 43.6. The van der Waals surface area contributed by atoms with E-state index >= 15 is 0 Å². The second-order valence-electron chi connectivity index (χ2n) is 16.1. The predicted molar refractivity (Wildman–Crippen MR) is 242 cm³/mol. The van der Waals surface area contributed by atoms with Crippen LogP contribution >= 0.6 is 23.5 Å². The molecule has 0 aromatic carbocycles. The Hall–Kier alpha value is 0.439. The fourth-order valence-corrected chi connectivity index (χ4v) is 18.7. The Morgan fingerprint density at radius 2 is 0.566 bits per heavy atom. The summed E-state index contributed by atoms with van der Waals surface area (Å²) in [4.78, 5) is 26.9. The second-order valence-corrected chi connectivity index (χ2v) is 27.5. The molecule has 0 fully saturated rings. The molecular formula is C46H92O4S2Sn. The molecule has 0 bridgehead atoms. The molecule has 0 radical (unpaired) electrons. The Morgan fingerprint density at radius 3 is 0.830 bits per heavy atom. The Balaban J connectivity index is 5.20. The Kier molecular flexibility index (Phi) is 43.9. The van der Waals surface area contributed by atoms with E-state index in [0.29, 0.717) is 11.5 Å². The Morgan fingerprint density at radius 1 is 0.340 bits per heavy atom. The van der Waals surface area contributed by atoms with Crippen molar-refractivity contribution in [3.63, 3.8) is 0 Å². The van der Waals surface area contributed by atoms with Gasteiger partial charge < -0.3 is 0 Å². The van der Waals surface area contributed by atoms with Crippen molar-refractivity contribution >= 4 is 54.7 Å². The zero-order valence-corrected chi connectivity index (χ0v) is 40.7. The van der Waals surface area contributed by atoms with Crippen LogP contribution < -0.4 is 0 Å². The number of thioether (sulfide) groups is 2. The van der Waals surface area contributed by atoms with Crippen molar-refractivity contribution in [2.45, 2.75) is 255 Å². The number of carbonyl (C=O) groups is 2. The number of hydrogen-bond acceptors (Lipinski definition) is 6. The zero-order chi connectivity index (χ0) is 38.8. The van der Waals surface area contributed by atoms with Crippen LogP contribution in [0.5, 0.6) is 0 Å². The fraction of sp³-hybridized carbons (Fsp3) is 0.957. The molecule has 0 aliphatic heterocycles. The molecule has 53 heavy (non-hydrogen) atoms. The summed E-state index contributed by atoms with van der Waals surface area (Å²) in [6.45, 7) is 9.09. The average Bonchev–Trinajstić information content (AvgIpc) is 3.15. The third-order valence-electron chi connectivity index (χ3n) is 10.6. The van der Waals surface area contributed by atoms with Gasteiger partial charge >= 0.3 is 334 Å². The molecule has 4 nitrogen and oxygen atoms in total. The van der Waals surface area contributed by atoms with Gasteiger partial charge in [-0.1, -0.05) is 13.8 Å². The molecule has 0 aliphatic rings. The summed E-state index contributed by atoms with van der Waals surface area (Å²) in [5.41, 5.74) is 0. The summed E-state index contributed by atoms with van der Waals surface area (Å²) >= 11 is -0.549. The molecule has 316 valence electrons. The summed E-state index contributed by atoms with van der Waals surface area (Å²) in [6.07, 6.45) is 43.6. The molecule has 0 atom stereocenters. The van der Waals surface area contributed by atoms with E-state index in [-0.39, 0.29) is 11.9 Å². The molecule has 0 aliphatic carbocycles. The van der Waals surface area contributed by atoms with E-state index in [9.17, 15) is 9.59 Å². The van der Waals surface area contributed by atoms with Gasteiger partial charge in [0.05, 0.1) is 0 Å². The smallest absolute Gasteiger partial charge is 0.0654 e. The Bertz CT molecular complexity index is 706. The first-order chi connectivity index (χ1) is 26.0. The van der Waals surface area contributed by atoms with E-state index in [1.54, 1.807) is 23.5 Å². The van der Waals surface area contributed by atoms with Crippen molar-refractivity contribution in [3.05, 3.63) is 0 Å². The molecule has 0 saturated carbocycles. The van der Waals surface area contributed by atoms with Crippen LogP contribution in [0.25, 0.3) is 0 Å². The molecule has 0 saturated heterocycles. The van der Waals surface area contributed by atoms with Crippen molar-refractivity contribution in [1.29, 1.82) is 0 Å². The van der Waals surface area contributed by atoms with E-state index in [1.165, 1.54) is 193 Å². The van der Waals surface area contributed by atoms with Gasteiger partial charge in [0.2, 0.25) is 0 Å². The normalized spacial score (nSPS) is 11.7. The van der Waals surface area contributed by atoms with E-state index in [1.807, 2.05) is 0 Å². The van der Waals surface area contributed by atoms with Crippen LogP contribution in [0.2, 0.25) is 8.87 Å². The van der Waals surface area contributed by atoms with E-state index in [4.69, 9.17) is 6.15 Å². The van der Waals surface area contributed by atoms with Gasteiger partial charge in [0.15, 0.2) is 0 Å². The van der Waals surface area contributed by atoms with E-state index in [0.717, 1.165) is 46.1 Å². The first kappa shape index (κ1) is 53.4. The van der Waals surface area contributed by atoms with Crippen LogP contribution in [0.3, 0.4) is 0 Å². The molecule has 0 unspecified atom stereocenters. The van der Waals surface area contributed by atoms with Gasteiger partial charge in [0.25, 0.3) is 0 Å². The fourth-order valence-electron chi connectivity index (χ4n) is 7.22. The molecule has 7 heteroatoms. The number of carbonyl (C=O) groups excluding carboxylic acids is 2. The van der Waals surface area contributed by atoms with Crippen molar-refractivity contribution in [2.24, 2.45) is 0 Å². The standard InChI is InChI=1S/2C12H25.2C11H22O2S.Sn/c2*1-3-5-7-9-11-12-10-8-6-4-2;2*1-2-3-4-5-6-7-8-9-14-10-11(12)13;/h2*1,3-12H2,2H3;2*2-10H2,1H3,(H,12,13);/q;;;;+2/p-2. The van der Waals surface area contributed by atoms with E-state index < -0.39 is 19.2 Å². The SMILES string of the molecule is CCCCCCCCCCC[CH2][Sn]([CH2]CCCCCCCCCCC)([O]C(=O)CSCCCCCCCCC)[O]C(=O)CSCCCCCCCCC. The molecule has 0 rings (SSSR count). The molecule has 0 N–H and O–H groups in total. The topological polar surface area (TPSA) is 52.6 Å². The molecular weight excluding hydrogens is 799 g/mol.